The molecule has 5 aromatic carbocycles. The fourth-order valence-electron chi connectivity index (χ4n) is 7.87. The second-order valence-corrected chi connectivity index (χ2v) is 15.5. The lowest BCUT2D eigenvalue weighted by molar-refractivity contribution is 0.192. The third-order valence-corrected chi connectivity index (χ3v) is 11.6. The highest BCUT2D eigenvalue weighted by Crippen LogP contribution is 2.54. The summed E-state index contributed by atoms with van der Waals surface area (Å²) in [7, 11) is 0. The van der Waals surface area contributed by atoms with E-state index in [2.05, 4.69) is 173 Å². The Morgan fingerprint density at radius 2 is 0.981 bits per heavy atom. The van der Waals surface area contributed by atoms with Gasteiger partial charge in [-0.05, 0) is 72.1 Å². The number of aromatic nitrogens is 5. The minimum Gasteiger partial charge on any atom is -0.301 e. The molecule has 7 aromatic rings. The summed E-state index contributed by atoms with van der Waals surface area (Å²) >= 11 is 0. The summed E-state index contributed by atoms with van der Waals surface area (Å²) in [5.74, 6) is 2.74. The lowest BCUT2D eigenvalue weighted by Gasteiger charge is -2.44. The number of fused-ring (bicyclic) bond motifs is 3. The van der Waals surface area contributed by atoms with E-state index in [1.165, 1.54) is 16.7 Å². The van der Waals surface area contributed by atoms with Crippen LogP contribution in [0.15, 0.2) is 127 Å². The maximum Gasteiger partial charge on any atom is 0.237 e. The molecule has 0 amide bonds. The molecule has 0 aliphatic carbocycles. The molecule has 2 unspecified atom stereocenters. The average molecular weight is 683 g/mol. The van der Waals surface area contributed by atoms with Gasteiger partial charge in [-0.25, -0.2) is 9.97 Å². The van der Waals surface area contributed by atoms with Gasteiger partial charge in [0.2, 0.25) is 11.9 Å². The maximum atomic E-state index is 5.40. The molecule has 0 bridgehead atoms. The van der Waals surface area contributed by atoms with Gasteiger partial charge in [0.25, 0.3) is 0 Å². The number of anilines is 2. The maximum absolute atomic E-state index is 5.40. The summed E-state index contributed by atoms with van der Waals surface area (Å²) in [6, 6.07) is 44.7. The molecule has 2 atom stereocenters. The van der Waals surface area contributed by atoms with Crippen LogP contribution in [0.1, 0.15) is 66.9 Å². The lowest BCUT2D eigenvalue weighted by atomic mass is 9.75. The third kappa shape index (κ3) is 5.40. The van der Waals surface area contributed by atoms with Crippen LogP contribution in [0, 0.1) is 0 Å². The molecule has 0 saturated carbocycles. The summed E-state index contributed by atoms with van der Waals surface area (Å²) in [6.07, 6.45) is 1.79. The first-order valence-corrected chi connectivity index (χ1v) is 18.5. The lowest BCUT2D eigenvalue weighted by Crippen LogP contribution is -2.54. The van der Waals surface area contributed by atoms with Gasteiger partial charge in [-0.15, -0.1) is 0 Å². The molecule has 8 rings (SSSR count). The number of hydrogen-bond acceptors (Lipinski definition) is 5. The van der Waals surface area contributed by atoms with Crippen molar-refractivity contribution in [2.24, 2.45) is 0 Å². The van der Waals surface area contributed by atoms with E-state index in [9.17, 15) is 0 Å². The van der Waals surface area contributed by atoms with Crippen molar-refractivity contribution in [2.45, 2.75) is 77.8 Å². The second kappa shape index (κ2) is 12.6. The van der Waals surface area contributed by atoms with Crippen LogP contribution in [0.25, 0.3) is 56.1 Å². The highest BCUT2D eigenvalue weighted by Gasteiger charge is 2.57. The van der Waals surface area contributed by atoms with Gasteiger partial charge in [0, 0.05) is 11.1 Å². The van der Waals surface area contributed by atoms with E-state index in [-0.39, 0.29) is 16.5 Å². The normalized spacial score (nSPS) is 18.6. The van der Waals surface area contributed by atoms with Gasteiger partial charge in [0.15, 0.2) is 11.6 Å². The van der Waals surface area contributed by atoms with Crippen LogP contribution in [0.2, 0.25) is 0 Å². The van der Waals surface area contributed by atoms with Crippen molar-refractivity contribution in [1.29, 1.82) is 0 Å². The summed E-state index contributed by atoms with van der Waals surface area (Å²) in [4.78, 5) is 23.4. The molecule has 0 fully saturated rings. The molecule has 1 aliphatic rings. The topological polar surface area (TPSA) is 59.7 Å². The highest BCUT2D eigenvalue weighted by molar-refractivity contribution is 5.84. The Balaban J connectivity index is 1.32. The van der Waals surface area contributed by atoms with Crippen molar-refractivity contribution in [3.05, 3.63) is 133 Å². The van der Waals surface area contributed by atoms with Gasteiger partial charge in [0.1, 0.15) is 0 Å². The monoisotopic (exact) mass is 682 g/mol. The molecule has 2 aromatic heterocycles. The van der Waals surface area contributed by atoms with E-state index in [4.69, 9.17) is 19.9 Å². The van der Waals surface area contributed by atoms with Gasteiger partial charge >= 0.3 is 0 Å². The van der Waals surface area contributed by atoms with Crippen molar-refractivity contribution in [3.63, 3.8) is 0 Å². The minimum absolute atomic E-state index is 0.0120. The molecular weight excluding hydrogens is 637 g/mol. The zero-order valence-corrected chi connectivity index (χ0v) is 31.2. The van der Waals surface area contributed by atoms with Crippen molar-refractivity contribution in [2.75, 3.05) is 4.90 Å². The van der Waals surface area contributed by atoms with Gasteiger partial charge < -0.3 is 4.57 Å². The summed E-state index contributed by atoms with van der Waals surface area (Å²) in [5.41, 5.74) is 9.27. The molecule has 52 heavy (non-hydrogen) atoms. The molecule has 0 saturated heterocycles. The second-order valence-electron chi connectivity index (χ2n) is 15.5. The summed E-state index contributed by atoms with van der Waals surface area (Å²) in [6.45, 7) is 16.0. The van der Waals surface area contributed by atoms with E-state index in [0.717, 1.165) is 52.1 Å². The molecule has 0 radical (unpaired) electrons. The first-order valence-electron chi connectivity index (χ1n) is 18.5. The summed E-state index contributed by atoms with van der Waals surface area (Å²) < 4.78 is 2.45. The van der Waals surface area contributed by atoms with Crippen LogP contribution in [0.3, 0.4) is 0 Å². The number of rotatable bonds is 7. The molecule has 6 heteroatoms. The molecule has 3 heterocycles. The molecule has 1 aliphatic heterocycles. The van der Waals surface area contributed by atoms with Crippen molar-refractivity contribution < 1.29 is 0 Å². The Hall–Kier alpha value is -5.62. The number of benzene rings is 5. The fourth-order valence-corrected chi connectivity index (χ4v) is 7.87. The van der Waals surface area contributed by atoms with Crippen LogP contribution >= 0.6 is 0 Å². The largest absolute Gasteiger partial charge is 0.301 e. The Morgan fingerprint density at radius 1 is 0.519 bits per heavy atom. The molecule has 0 spiro atoms. The predicted molar refractivity (Wildman–Crippen MR) is 215 cm³/mol. The number of hydrogen-bond donors (Lipinski definition) is 0. The van der Waals surface area contributed by atoms with Gasteiger partial charge in [0.05, 0.1) is 22.1 Å². The fraction of sp³-hybridized carbons (Fsp3) is 0.261. The van der Waals surface area contributed by atoms with Crippen molar-refractivity contribution in [3.8, 4) is 45.0 Å². The average Bonchev–Trinajstić information content (AvgIpc) is 3.64. The smallest absolute Gasteiger partial charge is 0.237 e. The van der Waals surface area contributed by atoms with Crippen LogP contribution in [-0.2, 0) is 11.0 Å². The third-order valence-electron chi connectivity index (χ3n) is 11.6. The Morgan fingerprint density at radius 3 is 1.44 bits per heavy atom. The highest BCUT2D eigenvalue weighted by atomic mass is 15.5. The van der Waals surface area contributed by atoms with Crippen molar-refractivity contribution in [1.82, 2.24) is 24.5 Å². The number of imidazole rings is 1. The van der Waals surface area contributed by atoms with Crippen molar-refractivity contribution >= 4 is 22.9 Å². The quantitative estimate of drug-likeness (QED) is 0.167. The Kier molecular flexibility index (Phi) is 8.09. The Bertz CT molecular complexity index is 2270. The molecule has 6 nitrogen and oxygen atoms in total. The van der Waals surface area contributed by atoms with E-state index in [0.29, 0.717) is 17.6 Å². The zero-order chi connectivity index (χ0) is 36.3. The van der Waals surface area contributed by atoms with E-state index in [1.54, 1.807) is 0 Å². The standard InChI is InChI=1S/C46H46N6/c1-8-45(6)46(7,9-2)52(43-47-38-30-37(44(3,4)5)28-29-39(38)51(43)45)42-49-40(35-24-20-33(21-25-35)31-16-12-10-13-17-31)48-41(50-42)36-26-22-34(23-27-36)32-18-14-11-15-19-32/h10-30H,8-9H2,1-7H3. The van der Waals surface area contributed by atoms with Crippen LogP contribution in [0.5, 0.6) is 0 Å². The van der Waals surface area contributed by atoms with Crippen LogP contribution in [0.4, 0.5) is 11.9 Å². The zero-order valence-electron chi connectivity index (χ0n) is 31.2. The molecule has 0 N–H and O–H groups in total. The predicted octanol–water partition coefficient (Wildman–Crippen LogP) is 11.6. The van der Waals surface area contributed by atoms with E-state index >= 15 is 0 Å². The first-order chi connectivity index (χ1) is 25.0. The minimum atomic E-state index is -0.370. The first kappa shape index (κ1) is 33.5. The van der Waals surface area contributed by atoms with Gasteiger partial charge in [-0.1, -0.05) is 150 Å². The SMILES string of the molecule is CCC1(C)N(c2nc(-c3ccc(-c4ccccc4)cc3)nc(-c3ccc(-c4ccccc4)cc3)n2)c2nc3cc(C(C)(C)C)ccc3n2C1(C)CC. The van der Waals surface area contributed by atoms with Crippen LogP contribution in [-0.4, -0.2) is 30.0 Å². The summed E-state index contributed by atoms with van der Waals surface area (Å²) in [5, 5.41) is 0. The number of nitrogens with zero attached hydrogens (tertiary/aromatic N) is 6. The van der Waals surface area contributed by atoms with E-state index < -0.39 is 0 Å². The van der Waals surface area contributed by atoms with Gasteiger partial charge in [-0.3, -0.25) is 4.90 Å². The molecular formula is C46H46N6. The van der Waals surface area contributed by atoms with E-state index in [1.807, 2.05) is 12.1 Å². The van der Waals surface area contributed by atoms with Crippen LogP contribution < -0.4 is 4.90 Å². The molecule has 260 valence electrons. The van der Waals surface area contributed by atoms with Gasteiger partial charge in [-0.2, -0.15) is 9.97 Å². The Labute approximate surface area is 307 Å².